The Balaban J connectivity index is 2.00. The van der Waals surface area contributed by atoms with Crippen LogP contribution in [-0.2, 0) is 0 Å². The number of ether oxygens (including phenoxy) is 2. The van der Waals surface area contributed by atoms with Gasteiger partial charge in [-0.05, 0) is 30.7 Å². The molecule has 0 bridgehead atoms. The summed E-state index contributed by atoms with van der Waals surface area (Å²) < 4.78 is 12.1. The molecule has 0 aromatic carbocycles. The number of hydrogen-bond acceptors (Lipinski definition) is 6. The molecule has 7 nitrogen and oxygen atoms in total. The van der Waals surface area contributed by atoms with E-state index in [1.54, 1.807) is 24.8 Å². The number of nitrogens with one attached hydrogen (secondary N) is 1. The Morgan fingerprint density at radius 2 is 2.05 bits per heavy atom. The minimum Gasteiger partial charge on any atom is -0.491 e. The first-order valence-electron chi connectivity index (χ1n) is 6.37. The van der Waals surface area contributed by atoms with Gasteiger partial charge < -0.3 is 14.8 Å². The van der Waals surface area contributed by atoms with Gasteiger partial charge in [0, 0.05) is 6.20 Å². The maximum absolute atomic E-state index is 5.20. The summed E-state index contributed by atoms with van der Waals surface area (Å²) in [5.41, 5.74) is 2.63. The van der Waals surface area contributed by atoms with Crippen molar-refractivity contribution in [2.24, 2.45) is 0 Å². The minimum atomic E-state index is 0.424. The second-order valence-electron chi connectivity index (χ2n) is 4.49. The number of methoxy groups -OCH3 is 2. The summed E-state index contributed by atoms with van der Waals surface area (Å²) in [4.78, 5) is 8.60. The molecular weight excluding hydrogens is 270 g/mol. The predicted molar refractivity (Wildman–Crippen MR) is 78.3 cm³/mol. The molecule has 0 amide bonds. The van der Waals surface area contributed by atoms with Gasteiger partial charge in [0.05, 0.1) is 19.9 Å². The molecule has 0 aliphatic rings. The van der Waals surface area contributed by atoms with Gasteiger partial charge in [0.15, 0.2) is 11.4 Å². The molecule has 0 saturated carbocycles. The van der Waals surface area contributed by atoms with Crippen molar-refractivity contribution in [3.8, 4) is 11.6 Å². The topological polar surface area (TPSA) is 73.6 Å². The van der Waals surface area contributed by atoms with Crippen LogP contribution in [-0.4, -0.2) is 33.8 Å². The molecule has 0 aliphatic carbocycles. The Kier molecular flexibility index (Phi) is 3.31. The van der Waals surface area contributed by atoms with Crippen LogP contribution in [0.3, 0.4) is 0 Å². The lowest BCUT2D eigenvalue weighted by molar-refractivity contribution is 0.343. The maximum atomic E-state index is 5.20. The molecular formula is C14H15N5O2. The molecule has 21 heavy (non-hydrogen) atoms. The van der Waals surface area contributed by atoms with E-state index in [9.17, 15) is 0 Å². The Morgan fingerprint density at radius 1 is 1.19 bits per heavy atom. The predicted octanol–water partition coefficient (Wildman–Crippen LogP) is 2.19. The summed E-state index contributed by atoms with van der Waals surface area (Å²) in [7, 11) is 3.13. The normalized spacial score (nSPS) is 10.6. The minimum absolute atomic E-state index is 0.424. The van der Waals surface area contributed by atoms with E-state index in [1.165, 1.54) is 6.33 Å². The van der Waals surface area contributed by atoms with Crippen LogP contribution in [0.4, 0.5) is 11.5 Å². The highest BCUT2D eigenvalue weighted by atomic mass is 16.5. The van der Waals surface area contributed by atoms with Crippen LogP contribution >= 0.6 is 0 Å². The SMILES string of the molecule is COc1ccc(Nc2cc(C)cn3ncnc23)nc1OC. The summed E-state index contributed by atoms with van der Waals surface area (Å²) in [6, 6.07) is 5.60. The van der Waals surface area contributed by atoms with Gasteiger partial charge in [0.1, 0.15) is 12.1 Å². The van der Waals surface area contributed by atoms with Crippen LogP contribution in [0.1, 0.15) is 5.56 Å². The molecule has 0 aliphatic heterocycles. The maximum Gasteiger partial charge on any atom is 0.258 e. The Bertz CT molecular complexity index is 784. The third-order valence-electron chi connectivity index (χ3n) is 3.01. The van der Waals surface area contributed by atoms with Crippen LogP contribution < -0.4 is 14.8 Å². The Labute approximate surface area is 121 Å². The van der Waals surface area contributed by atoms with Gasteiger partial charge in [-0.2, -0.15) is 10.1 Å². The molecule has 3 rings (SSSR count). The van der Waals surface area contributed by atoms with E-state index in [4.69, 9.17) is 9.47 Å². The average Bonchev–Trinajstić information content (AvgIpc) is 2.95. The first-order chi connectivity index (χ1) is 10.2. The van der Waals surface area contributed by atoms with Gasteiger partial charge in [-0.3, -0.25) is 0 Å². The monoisotopic (exact) mass is 285 g/mol. The summed E-state index contributed by atoms with van der Waals surface area (Å²) in [6.07, 6.45) is 3.43. The fourth-order valence-corrected chi connectivity index (χ4v) is 2.09. The zero-order valence-electron chi connectivity index (χ0n) is 12.0. The molecule has 3 aromatic heterocycles. The average molecular weight is 285 g/mol. The smallest absolute Gasteiger partial charge is 0.258 e. The molecule has 0 atom stereocenters. The first-order valence-corrected chi connectivity index (χ1v) is 6.37. The third-order valence-corrected chi connectivity index (χ3v) is 3.01. The van der Waals surface area contributed by atoms with E-state index < -0.39 is 0 Å². The number of pyridine rings is 2. The van der Waals surface area contributed by atoms with E-state index in [-0.39, 0.29) is 0 Å². The van der Waals surface area contributed by atoms with Gasteiger partial charge in [-0.15, -0.1) is 0 Å². The molecule has 3 aromatic rings. The van der Waals surface area contributed by atoms with Crippen molar-refractivity contribution in [2.75, 3.05) is 19.5 Å². The summed E-state index contributed by atoms with van der Waals surface area (Å²) in [6.45, 7) is 1.99. The third kappa shape index (κ3) is 2.45. The van der Waals surface area contributed by atoms with Gasteiger partial charge >= 0.3 is 0 Å². The largest absolute Gasteiger partial charge is 0.491 e. The van der Waals surface area contributed by atoms with Gasteiger partial charge in [0.2, 0.25) is 0 Å². The van der Waals surface area contributed by atoms with Gasteiger partial charge in [-0.1, -0.05) is 0 Å². The molecule has 3 heterocycles. The zero-order chi connectivity index (χ0) is 14.8. The fourth-order valence-electron chi connectivity index (χ4n) is 2.09. The van der Waals surface area contributed by atoms with Crippen LogP contribution in [0.15, 0.2) is 30.7 Å². The van der Waals surface area contributed by atoms with E-state index in [2.05, 4.69) is 20.4 Å². The second-order valence-corrected chi connectivity index (χ2v) is 4.49. The Hall–Kier alpha value is -2.83. The summed E-state index contributed by atoms with van der Waals surface area (Å²) in [5, 5.41) is 7.37. The number of fused-ring (bicyclic) bond motifs is 1. The molecule has 7 heteroatoms. The number of hydrogen-bond donors (Lipinski definition) is 1. The highest BCUT2D eigenvalue weighted by Crippen LogP contribution is 2.28. The quantitative estimate of drug-likeness (QED) is 0.792. The van der Waals surface area contributed by atoms with Crippen molar-refractivity contribution in [1.82, 2.24) is 19.6 Å². The molecule has 0 spiro atoms. The van der Waals surface area contributed by atoms with Crippen molar-refractivity contribution in [3.63, 3.8) is 0 Å². The van der Waals surface area contributed by atoms with E-state index in [1.807, 2.05) is 25.3 Å². The number of aryl methyl sites for hydroxylation is 1. The van der Waals surface area contributed by atoms with Crippen molar-refractivity contribution >= 4 is 17.2 Å². The van der Waals surface area contributed by atoms with Crippen LogP contribution in [0.2, 0.25) is 0 Å². The lowest BCUT2D eigenvalue weighted by Gasteiger charge is -2.11. The van der Waals surface area contributed by atoms with Crippen LogP contribution in [0.25, 0.3) is 5.65 Å². The molecule has 0 radical (unpaired) electrons. The number of rotatable bonds is 4. The van der Waals surface area contributed by atoms with Crippen molar-refractivity contribution in [3.05, 3.63) is 36.3 Å². The number of anilines is 2. The van der Waals surface area contributed by atoms with Crippen molar-refractivity contribution in [1.29, 1.82) is 0 Å². The zero-order valence-corrected chi connectivity index (χ0v) is 12.0. The standard InChI is InChI=1S/C14H15N5O2/c1-9-6-10(13-15-8-16-19(13)7-9)17-12-5-4-11(20-2)14(18-12)21-3/h4-8H,1-3H3,(H,17,18). The van der Waals surface area contributed by atoms with Crippen LogP contribution in [0.5, 0.6) is 11.6 Å². The molecule has 1 N–H and O–H groups in total. The highest BCUT2D eigenvalue weighted by molar-refractivity contribution is 5.73. The molecule has 0 fully saturated rings. The molecule has 0 unspecified atom stereocenters. The van der Waals surface area contributed by atoms with E-state index in [0.717, 1.165) is 16.9 Å². The molecule has 108 valence electrons. The lowest BCUT2D eigenvalue weighted by atomic mass is 10.3. The van der Waals surface area contributed by atoms with Gasteiger partial charge in [-0.25, -0.2) is 9.50 Å². The van der Waals surface area contributed by atoms with E-state index >= 15 is 0 Å². The highest BCUT2D eigenvalue weighted by Gasteiger charge is 2.09. The van der Waals surface area contributed by atoms with E-state index in [0.29, 0.717) is 17.4 Å². The number of nitrogens with zero attached hydrogens (tertiary/aromatic N) is 4. The lowest BCUT2D eigenvalue weighted by Crippen LogP contribution is -2.01. The summed E-state index contributed by atoms with van der Waals surface area (Å²) >= 11 is 0. The van der Waals surface area contributed by atoms with Gasteiger partial charge in [0.25, 0.3) is 5.88 Å². The first kappa shape index (κ1) is 13.2. The number of aromatic nitrogens is 4. The van der Waals surface area contributed by atoms with Crippen molar-refractivity contribution < 1.29 is 9.47 Å². The molecule has 0 saturated heterocycles. The fraction of sp³-hybridized carbons (Fsp3) is 0.214. The van der Waals surface area contributed by atoms with Crippen LogP contribution in [0, 0.1) is 6.92 Å². The second kappa shape index (κ2) is 5.28. The van der Waals surface area contributed by atoms with Crippen molar-refractivity contribution in [2.45, 2.75) is 6.92 Å². The Morgan fingerprint density at radius 3 is 2.81 bits per heavy atom. The summed E-state index contributed by atoms with van der Waals surface area (Å²) in [5.74, 6) is 1.65.